The van der Waals surface area contributed by atoms with E-state index in [1.165, 1.54) is 5.56 Å². The molecule has 0 spiro atoms. The van der Waals surface area contributed by atoms with Crippen LogP contribution in [0.25, 0.3) is 0 Å². The largest absolute Gasteiger partial charge is 0.353 e. The van der Waals surface area contributed by atoms with Crippen molar-refractivity contribution in [1.29, 1.82) is 0 Å². The van der Waals surface area contributed by atoms with Crippen LogP contribution in [0, 0.1) is 11.8 Å². The number of carbonyl (C=O) groups is 1. The number of halogens is 2. The van der Waals surface area contributed by atoms with Crippen LogP contribution in [0.1, 0.15) is 32.3 Å². The lowest BCUT2D eigenvalue weighted by molar-refractivity contribution is -0.123. The summed E-state index contributed by atoms with van der Waals surface area (Å²) in [4.78, 5) is 14.4. The monoisotopic (exact) mass is 375 g/mol. The van der Waals surface area contributed by atoms with Crippen LogP contribution in [0.3, 0.4) is 0 Å². The molecule has 1 aromatic rings. The highest BCUT2D eigenvalue weighted by atomic mass is 35.5. The van der Waals surface area contributed by atoms with Crippen molar-refractivity contribution in [1.82, 2.24) is 10.2 Å². The second-order valence-corrected chi connectivity index (χ2v) is 6.62. The van der Waals surface area contributed by atoms with E-state index >= 15 is 0 Å². The molecule has 3 N–H and O–H groups in total. The Bertz CT molecular complexity index is 461. The van der Waals surface area contributed by atoms with Gasteiger partial charge < -0.3 is 11.1 Å². The zero-order valence-electron chi connectivity index (χ0n) is 14.6. The molecule has 1 fully saturated rings. The number of benzene rings is 1. The summed E-state index contributed by atoms with van der Waals surface area (Å²) in [5, 5.41) is 3.22. The minimum atomic E-state index is 0. The van der Waals surface area contributed by atoms with Gasteiger partial charge in [0, 0.05) is 32.1 Å². The third-order valence-electron chi connectivity index (χ3n) is 4.50. The number of likely N-dealkylation sites (tertiary alicyclic amines) is 1. The van der Waals surface area contributed by atoms with E-state index in [-0.39, 0.29) is 36.8 Å². The zero-order valence-corrected chi connectivity index (χ0v) is 16.2. The van der Waals surface area contributed by atoms with Gasteiger partial charge >= 0.3 is 0 Å². The van der Waals surface area contributed by atoms with Crippen molar-refractivity contribution >= 4 is 30.7 Å². The summed E-state index contributed by atoms with van der Waals surface area (Å²) in [7, 11) is 0. The average Bonchev–Trinajstić information content (AvgIpc) is 2.50. The molecule has 1 amide bonds. The van der Waals surface area contributed by atoms with E-state index in [9.17, 15) is 4.79 Å². The number of carbonyl (C=O) groups excluding carboxylic acids is 1. The van der Waals surface area contributed by atoms with Gasteiger partial charge in [-0.1, -0.05) is 44.2 Å². The number of nitrogens with one attached hydrogen (secondary N) is 1. The molecule has 1 aliphatic heterocycles. The molecule has 2 rings (SSSR count). The Morgan fingerprint density at radius 1 is 1.17 bits per heavy atom. The first kappa shape index (κ1) is 23.2. The third-order valence-corrected chi connectivity index (χ3v) is 4.50. The fourth-order valence-corrected chi connectivity index (χ4v) is 3.45. The summed E-state index contributed by atoms with van der Waals surface area (Å²) in [6.07, 6.45) is 1.31. The number of hydrogen-bond donors (Lipinski definition) is 2. The molecule has 0 bridgehead atoms. The predicted molar refractivity (Wildman–Crippen MR) is 105 cm³/mol. The summed E-state index contributed by atoms with van der Waals surface area (Å²) in [6.45, 7) is 8.10. The molecule has 0 aliphatic carbocycles. The lowest BCUT2D eigenvalue weighted by atomic mass is 9.85. The first-order valence-electron chi connectivity index (χ1n) is 8.36. The van der Waals surface area contributed by atoms with E-state index in [0.29, 0.717) is 24.8 Å². The van der Waals surface area contributed by atoms with E-state index in [4.69, 9.17) is 5.73 Å². The van der Waals surface area contributed by atoms with Gasteiger partial charge in [-0.2, -0.15) is 0 Å². The maximum absolute atomic E-state index is 12.0. The normalized spacial score (nSPS) is 23.7. The molecular formula is C18H31Cl2N3O. The fraction of sp³-hybridized carbons (Fsp3) is 0.611. The zero-order chi connectivity index (χ0) is 15.9. The van der Waals surface area contributed by atoms with Gasteiger partial charge in [0.1, 0.15) is 0 Å². The van der Waals surface area contributed by atoms with Crippen molar-refractivity contribution < 1.29 is 4.79 Å². The molecule has 0 saturated carbocycles. The summed E-state index contributed by atoms with van der Waals surface area (Å²) in [6, 6.07) is 10.9. The molecule has 24 heavy (non-hydrogen) atoms. The van der Waals surface area contributed by atoms with Gasteiger partial charge in [0.25, 0.3) is 0 Å². The summed E-state index contributed by atoms with van der Waals surface area (Å²) in [5.41, 5.74) is 6.82. The standard InChI is InChI=1S/C18H29N3O.2ClH/c1-14-11-21(13-16-7-4-3-5-8-16)12-15(2)18(14)20-17(22)9-6-10-19;;/h3-5,7-8,14-15,18H,6,9-13,19H2,1-2H3,(H,20,22);2*1H. The van der Waals surface area contributed by atoms with Crippen LogP contribution in [0.2, 0.25) is 0 Å². The molecule has 138 valence electrons. The van der Waals surface area contributed by atoms with Crippen LogP contribution >= 0.6 is 24.8 Å². The highest BCUT2D eigenvalue weighted by Crippen LogP contribution is 2.23. The highest BCUT2D eigenvalue weighted by Gasteiger charge is 2.32. The van der Waals surface area contributed by atoms with Gasteiger partial charge in [0.15, 0.2) is 0 Å². The van der Waals surface area contributed by atoms with Crippen molar-refractivity contribution in [2.24, 2.45) is 17.6 Å². The molecule has 0 aromatic heterocycles. The van der Waals surface area contributed by atoms with Crippen LogP contribution < -0.4 is 11.1 Å². The molecule has 2 atom stereocenters. The Morgan fingerprint density at radius 2 is 1.75 bits per heavy atom. The average molecular weight is 376 g/mol. The van der Waals surface area contributed by atoms with E-state index in [0.717, 1.165) is 26.1 Å². The second-order valence-electron chi connectivity index (χ2n) is 6.62. The molecule has 1 saturated heterocycles. The Hall–Kier alpha value is -0.810. The maximum Gasteiger partial charge on any atom is 0.220 e. The van der Waals surface area contributed by atoms with Crippen LogP contribution in [0.4, 0.5) is 0 Å². The quantitative estimate of drug-likeness (QED) is 0.803. The SMILES string of the molecule is CC1CN(Cc2ccccc2)CC(C)C1NC(=O)CCCN.Cl.Cl. The number of nitrogens with two attached hydrogens (primary N) is 1. The first-order valence-corrected chi connectivity index (χ1v) is 8.36. The highest BCUT2D eigenvalue weighted by molar-refractivity contribution is 5.85. The van der Waals surface area contributed by atoms with E-state index in [2.05, 4.69) is 54.4 Å². The molecule has 1 aliphatic rings. The summed E-state index contributed by atoms with van der Waals surface area (Å²) < 4.78 is 0. The van der Waals surface area contributed by atoms with E-state index in [1.54, 1.807) is 0 Å². The van der Waals surface area contributed by atoms with Crippen LogP contribution in [0.5, 0.6) is 0 Å². The number of hydrogen-bond acceptors (Lipinski definition) is 3. The summed E-state index contributed by atoms with van der Waals surface area (Å²) in [5.74, 6) is 1.08. The molecular weight excluding hydrogens is 345 g/mol. The van der Waals surface area contributed by atoms with Gasteiger partial charge in [-0.05, 0) is 30.4 Å². The first-order chi connectivity index (χ1) is 10.6. The predicted octanol–water partition coefficient (Wildman–Crippen LogP) is 2.84. The number of nitrogens with zero attached hydrogens (tertiary/aromatic N) is 1. The minimum Gasteiger partial charge on any atom is -0.353 e. The Balaban J connectivity index is 0.00000264. The molecule has 0 radical (unpaired) electrons. The smallest absolute Gasteiger partial charge is 0.220 e. The van der Waals surface area contributed by atoms with Crippen LogP contribution in [0.15, 0.2) is 30.3 Å². The minimum absolute atomic E-state index is 0. The lowest BCUT2D eigenvalue weighted by Gasteiger charge is -2.41. The van der Waals surface area contributed by atoms with Gasteiger partial charge in [-0.3, -0.25) is 9.69 Å². The number of piperidine rings is 1. The topological polar surface area (TPSA) is 58.4 Å². The van der Waals surface area contributed by atoms with Crippen LogP contribution in [-0.4, -0.2) is 36.5 Å². The molecule has 4 nitrogen and oxygen atoms in total. The third kappa shape index (κ3) is 6.98. The van der Waals surface area contributed by atoms with Gasteiger partial charge in [-0.25, -0.2) is 0 Å². The fourth-order valence-electron chi connectivity index (χ4n) is 3.45. The van der Waals surface area contributed by atoms with Gasteiger partial charge in [-0.15, -0.1) is 24.8 Å². The van der Waals surface area contributed by atoms with Crippen molar-refractivity contribution in [2.45, 2.75) is 39.3 Å². The Kier molecular flexibility index (Phi) is 11.3. The summed E-state index contributed by atoms with van der Waals surface area (Å²) >= 11 is 0. The Morgan fingerprint density at radius 3 is 2.29 bits per heavy atom. The second kappa shape index (κ2) is 11.7. The molecule has 1 heterocycles. The molecule has 2 unspecified atom stereocenters. The molecule has 1 aromatic carbocycles. The number of rotatable bonds is 6. The number of amides is 1. The molecule has 6 heteroatoms. The van der Waals surface area contributed by atoms with Gasteiger partial charge in [0.05, 0.1) is 0 Å². The van der Waals surface area contributed by atoms with Crippen molar-refractivity contribution in [3.63, 3.8) is 0 Å². The van der Waals surface area contributed by atoms with E-state index < -0.39 is 0 Å². The van der Waals surface area contributed by atoms with Crippen molar-refractivity contribution in [3.05, 3.63) is 35.9 Å². The van der Waals surface area contributed by atoms with Crippen molar-refractivity contribution in [3.8, 4) is 0 Å². The van der Waals surface area contributed by atoms with Crippen molar-refractivity contribution in [2.75, 3.05) is 19.6 Å². The van der Waals surface area contributed by atoms with E-state index in [1.807, 2.05) is 0 Å². The Labute approximate surface area is 158 Å². The lowest BCUT2D eigenvalue weighted by Crippen LogP contribution is -2.54. The maximum atomic E-state index is 12.0. The van der Waals surface area contributed by atoms with Gasteiger partial charge in [0.2, 0.25) is 5.91 Å². The van der Waals surface area contributed by atoms with Crippen LogP contribution in [-0.2, 0) is 11.3 Å².